The molecule has 0 aliphatic carbocycles. The third-order valence-electron chi connectivity index (χ3n) is 3.47. The minimum atomic E-state index is 0.0121. The molecule has 22 heavy (non-hydrogen) atoms. The van der Waals surface area contributed by atoms with Crippen molar-refractivity contribution in [3.8, 4) is 5.69 Å². The first kappa shape index (κ1) is 16.5. The van der Waals surface area contributed by atoms with Crippen molar-refractivity contribution in [2.24, 2.45) is 0 Å². The van der Waals surface area contributed by atoms with Gasteiger partial charge in [0.15, 0.2) is 0 Å². The van der Waals surface area contributed by atoms with Crippen LogP contribution in [0, 0.1) is 6.92 Å². The van der Waals surface area contributed by atoms with E-state index in [9.17, 15) is 4.79 Å². The van der Waals surface area contributed by atoms with E-state index in [0.717, 1.165) is 24.1 Å². The molecule has 0 aliphatic heterocycles. The van der Waals surface area contributed by atoms with Crippen molar-refractivity contribution in [2.45, 2.75) is 44.8 Å². The third-order valence-corrected chi connectivity index (χ3v) is 4.39. The van der Waals surface area contributed by atoms with Gasteiger partial charge in [-0.05, 0) is 41.8 Å². The largest absolute Gasteiger partial charge is 0.353 e. The van der Waals surface area contributed by atoms with Gasteiger partial charge in [0.25, 0.3) is 0 Å². The van der Waals surface area contributed by atoms with E-state index in [1.54, 1.807) is 4.68 Å². The first-order chi connectivity index (χ1) is 10.7. The molecule has 2 aromatic rings. The van der Waals surface area contributed by atoms with Gasteiger partial charge in [0.05, 0.1) is 11.4 Å². The first-order valence-corrected chi connectivity index (χ1v) is 8.40. The molecular weight excluding hydrogens is 298 g/mol. The Kier molecular flexibility index (Phi) is 5.94. The summed E-state index contributed by atoms with van der Waals surface area (Å²) in [7, 11) is 0. The topological polar surface area (TPSA) is 72.7 Å². The van der Waals surface area contributed by atoms with E-state index in [0.29, 0.717) is 10.9 Å². The number of carbonyl (C=O) groups is 1. The number of amides is 1. The van der Waals surface area contributed by atoms with Crippen LogP contribution in [0.3, 0.4) is 0 Å². The highest BCUT2D eigenvalue weighted by molar-refractivity contribution is 7.99. The molecule has 0 saturated heterocycles. The second kappa shape index (κ2) is 7.93. The fourth-order valence-corrected chi connectivity index (χ4v) is 2.81. The Morgan fingerprint density at radius 1 is 1.32 bits per heavy atom. The van der Waals surface area contributed by atoms with E-state index in [4.69, 9.17) is 0 Å². The number of aromatic nitrogens is 4. The number of benzene rings is 1. The molecule has 0 fully saturated rings. The van der Waals surface area contributed by atoms with Crippen LogP contribution in [0.25, 0.3) is 5.69 Å². The standard InChI is InChI=1S/C15H21N5OS/c1-4-12(5-2)16-14(21)10-22-15-17-18-19-20(15)13-9-7-6-8-11(13)3/h6-9,12H,4-5,10H2,1-3H3,(H,16,21). The van der Waals surface area contributed by atoms with Crippen molar-refractivity contribution in [3.05, 3.63) is 29.8 Å². The van der Waals surface area contributed by atoms with Gasteiger partial charge in [0, 0.05) is 6.04 Å². The smallest absolute Gasteiger partial charge is 0.230 e. The minimum absolute atomic E-state index is 0.0121. The van der Waals surface area contributed by atoms with Crippen LogP contribution in [0.2, 0.25) is 0 Å². The van der Waals surface area contributed by atoms with Gasteiger partial charge in [-0.1, -0.05) is 43.8 Å². The van der Waals surface area contributed by atoms with E-state index in [-0.39, 0.29) is 11.9 Å². The van der Waals surface area contributed by atoms with Crippen molar-refractivity contribution in [2.75, 3.05) is 5.75 Å². The number of carbonyl (C=O) groups excluding carboxylic acids is 1. The van der Waals surface area contributed by atoms with Gasteiger partial charge in [-0.15, -0.1) is 5.10 Å². The molecule has 0 bridgehead atoms. The lowest BCUT2D eigenvalue weighted by Crippen LogP contribution is -2.35. The molecule has 0 atom stereocenters. The Morgan fingerprint density at radius 3 is 2.73 bits per heavy atom. The maximum atomic E-state index is 12.0. The lowest BCUT2D eigenvalue weighted by atomic mass is 10.2. The molecule has 0 aliphatic rings. The molecule has 1 heterocycles. The van der Waals surface area contributed by atoms with Gasteiger partial charge in [-0.25, -0.2) is 0 Å². The van der Waals surface area contributed by atoms with Crippen molar-refractivity contribution in [1.29, 1.82) is 0 Å². The number of nitrogens with zero attached hydrogens (tertiary/aromatic N) is 4. The summed E-state index contributed by atoms with van der Waals surface area (Å²) >= 11 is 1.34. The normalized spacial score (nSPS) is 10.9. The summed E-state index contributed by atoms with van der Waals surface area (Å²) in [4.78, 5) is 12.0. The Labute approximate surface area is 134 Å². The summed E-state index contributed by atoms with van der Waals surface area (Å²) in [6.45, 7) is 6.14. The highest BCUT2D eigenvalue weighted by Gasteiger charge is 2.14. The molecule has 0 radical (unpaired) electrons. The van der Waals surface area contributed by atoms with Gasteiger partial charge in [-0.2, -0.15) is 4.68 Å². The number of nitrogens with one attached hydrogen (secondary N) is 1. The van der Waals surface area contributed by atoms with E-state index in [1.165, 1.54) is 11.8 Å². The molecule has 2 rings (SSSR count). The summed E-state index contributed by atoms with van der Waals surface area (Å²) in [6, 6.07) is 8.11. The number of para-hydroxylation sites is 1. The predicted octanol–water partition coefficient (Wildman–Crippen LogP) is 2.37. The summed E-state index contributed by atoms with van der Waals surface area (Å²) in [5.41, 5.74) is 2.01. The van der Waals surface area contributed by atoms with Crippen LogP contribution >= 0.6 is 11.8 Å². The number of aryl methyl sites for hydroxylation is 1. The van der Waals surface area contributed by atoms with Crippen LogP contribution in [0.4, 0.5) is 0 Å². The highest BCUT2D eigenvalue weighted by Crippen LogP contribution is 2.20. The highest BCUT2D eigenvalue weighted by atomic mass is 32.2. The SMILES string of the molecule is CCC(CC)NC(=O)CSc1nnnn1-c1ccccc1C. The molecule has 1 N–H and O–H groups in total. The van der Waals surface area contributed by atoms with Gasteiger partial charge in [-0.3, -0.25) is 4.79 Å². The molecule has 1 aromatic carbocycles. The molecule has 0 unspecified atom stereocenters. The van der Waals surface area contributed by atoms with Gasteiger partial charge >= 0.3 is 0 Å². The Bertz CT molecular complexity index is 624. The molecule has 6 nitrogen and oxygen atoms in total. The maximum absolute atomic E-state index is 12.0. The lowest BCUT2D eigenvalue weighted by molar-refractivity contribution is -0.119. The van der Waals surface area contributed by atoms with Gasteiger partial charge in [0.2, 0.25) is 11.1 Å². The second-order valence-electron chi connectivity index (χ2n) is 5.03. The van der Waals surface area contributed by atoms with Crippen molar-refractivity contribution in [1.82, 2.24) is 25.5 Å². The van der Waals surface area contributed by atoms with E-state index in [1.807, 2.05) is 31.2 Å². The molecule has 0 spiro atoms. The molecule has 0 saturated carbocycles. The average Bonchev–Trinajstić information content (AvgIpc) is 2.99. The zero-order valence-electron chi connectivity index (χ0n) is 13.1. The zero-order valence-corrected chi connectivity index (χ0v) is 13.9. The number of hydrogen-bond acceptors (Lipinski definition) is 5. The van der Waals surface area contributed by atoms with Crippen LogP contribution in [0.15, 0.2) is 29.4 Å². The van der Waals surface area contributed by atoms with Crippen molar-refractivity contribution < 1.29 is 4.79 Å². The van der Waals surface area contributed by atoms with Crippen LogP contribution in [-0.2, 0) is 4.79 Å². The Balaban J connectivity index is 2.02. The third kappa shape index (κ3) is 4.07. The molecule has 1 aromatic heterocycles. The fraction of sp³-hybridized carbons (Fsp3) is 0.467. The van der Waals surface area contributed by atoms with E-state index < -0.39 is 0 Å². The molecule has 7 heteroatoms. The van der Waals surface area contributed by atoms with Crippen molar-refractivity contribution >= 4 is 17.7 Å². The molecule has 118 valence electrons. The van der Waals surface area contributed by atoms with Crippen LogP contribution in [-0.4, -0.2) is 37.9 Å². The molecule has 1 amide bonds. The summed E-state index contributed by atoms with van der Waals surface area (Å²) in [6.07, 6.45) is 1.88. The van der Waals surface area contributed by atoms with Crippen LogP contribution in [0.1, 0.15) is 32.3 Å². The quantitative estimate of drug-likeness (QED) is 0.793. The Hall–Kier alpha value is -1.89. The Morgan fingerprint density at radius 2 is 2.05 bits per heavy atom. The summed E-state index contributed by atoms with van der Waals surface area (Å²) < 4.78 is 1.67. The fourth-order valence-electron chi connectivity index (χ4n) is 2.11. The van der Waals surface area contributed by atoms with E-state index in [2.05, 4.69) is 34.7 Å². The summed E-state index contributed by atoms with van der Waals surface area (Å²) in [5.74, 6) is 0.320. The number of tetrazole rings is 1. The van der Waals surface area contributed by atoms with Gasteiger partial charge < -0.3 is 5.32 Å². The molecular formula is C15H21N5OS. The van der Waals surface area contributed by atoms with Crippen LogP contribution < -0.4 is 5.32 Å². The number of thioether (sulfide) groups is 1. The van der Waals surface area contributed by atoms with E-state index >= 15 is 0 Å². The second-order valence-corrected chi connectivity index (χ2v) is 5.97. The summed E-state index contributed by atoms with van der Waals surface area (Å²) in [5, 5.41) is 15.4. The average molecular weight is 319 g/mol. The number of rotatable bonds is 7. The monoisotopic (exact) mass is 319 g/mol. The first-order valence-electron chi connectivity index (χ1n) is 7.42. The number of hydrogen-bond donors (Lipinski definition) is 1. The van der Waals surface area contributed by atoms with Gasteiger partial charge in [0.1, 0.15) is 0 Å². The predicted molar refractivity (Wildman–Crippen MR) is 87.1 cm³/mol. The maximum Gasteiger partial charge on any atom is 0.230 e. The zero-order chi connectivity index (χ0) is 15.9. The van der Waals surface area contributed by atoms with Crippen molar-refractivity contribution in [3.63, 3.8) is 0 Å². The van der Waals surface area contributed by atoms with Crippen LogP contribution in [0.5, 0.6) is 0 Å². The lowest BCUT2D eigenvalue weighted by Gasteiger charge is -2.14. The minimum Gasteiger partial charge on any atom is -0.353 e.